The predicted molar refractivity (Wildman–Crippen MR) is 81.9 cm³/mol. The second kappa shape index (κ2) is 6.04. The van der Waals surface area contributed by atoms with Crippen molar-refractivity contribution in [2.24, 2.45) is 0 Å². The van der Waals surface area contributed by atoms with Crippen molar-refractivity contribution in [2.45, 2.75) is 6.54 Å². The maximum Gasteiger partial charge on any atom is 0.287 e. The number of benzene rings is 1. The molecule has 3 aromatic rings. The maximum atomic E-state index is 10.6. The minimum atomic E-state index is -0.478. The van der Waals surface area contributed by atoms with Gasteiger partial charge in [0.15, 0.2) is 0 Å². The zero-order valence-corrected chi connectivity index (χ0v) is 11.6. The van der Waals surface area contributed by atoms with Gasteiger partial charge in [-0.2, -0.15) is 5.10 Å². The van der Waals surface area contributed by atoms with Gasteiger partial charge in [-0.3, -0.25) is 14.8 Å². The Kier molecular flexibility index (Phi) is 3.78. The Bertz CT molecular complexity index is 768. The first-order valence-electron chi connectivity index (χ1n) is 6.64. The summed E-state index contributed by atoms with van der Waals surface area (Å²) in [5.74, 6) is 0.532. The summed E-state index contributed by atoms with van der Waals surface area (Å²) in [5, 5.41) is 17.9. The number of pyridine rings is 1. The second-order valence-electron chi connectivity index (χ2n) is 4.70. The molecule has 2 heterocycles. The third-order valence-corrected chi connectivity index (χ3v) is 3.05. The minimum Gasteiger partial charge on any atom is -0.338 e. The van der Waals surface area contributed by atoms with Gasteiger partial charge in [-0.15, -0.1) is 0 Å². The summed E-state index contributed by atoms with van der Waals surface area (Å²) in [6.45, 7) is 0.677. The lowest BCUT2D eigenvalue weighted by atomic mass is 10.2. The van der Waals surface area contributed by atoms with Crippen molar-refractivity contribution in [3.8, 4) is 0 Å². The van der Waals surface area contributed by atoms with Crippen LogP contribution in [0.1, 0.15) is 5.56 Å². The molecule has 3 rings (SSSR count). The summed E-state index contributed by atoms with van der Waals surface area (Å²) in [6.07, 6.45) is 4.76. The van der Waals surface area contributed by atoms with Gasteiger partial charge in [0, 0.05) is 12.3 Å². The lowest BCUT2D eigenvalue weighted by Gasteiger charge is -2.02. The number of aromatic nitrogens is 3. The molecule has 0 aliphatic carbocycles. The Morgan fingerprint density at radius 3 is 2.64 bits per heavy atom. The number of hydrogen-bond acceptors (Lipinski definition) is 5. The Labute approximate surface area is 126 Å². The van der Waals surface area contributed by atoms with Gasteiger partial charge in [0.25, 0.3) is 5.69 Å². The van der Waals surface area contributed by atoms with Crippen molar-refractivity contribution in [3.63, 3.8) is 0 Å². The van der Waals surface area contributed by atoms with E-state index < -0.39 is 4.92 Å². The topological polar surface area (TPSA) is 85.9 Å². The molecule has 0 fully saturated rings. The number of rotatable bonds is 5. The van der Waals surface area contributed by atoms with Gasteiger partial charge < -0.3 is 5.32 Å². The van der Waals surface area contributed by atoms with Gasteiger partial charge in [-0.25, -0.2) is 4.98 Å². The molecule has 0 unspecified atom stereocenters. The smallest absolute Gasteiger partial charge is 0.287 e. The van der Waals surface area contributed by atoms with Crippen LogP contribution in [0.4, 0.5) is 17.2 Å². The van der Waals surface area contributed by atoms with E-state index >= 15 is 0 Å². The Morgan fingerprint density at radius 1 is 1.14 bits per heavy atom. The summed E-state index contributed by atoms with van der Waals surface area (Å²) in [5.41, 5.74) is 1.90. The van der Waals surface area contributed by atoms with E-state index in [-0.39, 0.29) is 5.69 Å². The van der Waals surface area contributed by atoms with Gasteiger partial charge >= 0.3 is 0 Å². The van der Waals surface area contributed by atoms with Crippen molar-refractivity contribution < 1.29 is 4.92 Å². The minimum absolute atomic E-state index is 0.0367. The van der Waals surface area contributed by atoms with Crippen molar-refractivity contribution >= 4 is 17.2 Å². The number of hydrogen-bond donors (Lipinski definition) is 1. The molecule has 0 saturated carbocycles. The summed E-state index contributed by atoms with van der Waals surface area (Å²) in [4.78, 5) is 14.1. The number of anilines is 2. The third kappa shape index (κ3) is 3.26. The highest BCUT2D eigenvalue weighted by Crippen LogP contribution is 2.17. The summed E-state index contributed by atoms with van der Waals surface area (Å²) in [6, 6.07) is 13.0. The van der Waals surface area contributed by atoms with E-state index in [4.69, 9.17) is 0 Å². The van der Waals surface area contributed by atoms with Gasteiger partial charge in [0.1, 0.15) is 12.0 Å². The fraction of sp³-hybridized carbons (Fsp3) is 0.0667. The van der Waals surface area contributed by atoms with Crippen LogP contribution in [0.5, 0.6) is 0 Å². The Hall–Kier alpha value is -3.22. The molecule has 1 aromatic carbocycles. The molecule has 0 aliphatic rings. The normalized spacial score (nSPS) is 10.4. The predicted octanol–water partition coefficient (Wildman–Crippen LogP) is 2.98. The van der Waals surface area contributed by atoms with E-state index in [1.165, 1.54) is 12.3 Å². The number of nitro groups is 1. The molecule has 7 heteroatoms. The van der Waals surface area contributed by atoms with E-state index in [1.807, 2.05) is 41.2 Å². The third-order valence-electron chi connectivity index (χ3n) is 3.05. The molecule has 22 heavy (non-hydrogen) atoms. The zero-order chi connectivity index (χ0) is 15.4. The monoisotopic (exact) mass is 295 g/mol. The Balaban J connectivity index is 1.67. The molecular weight excluding hydrogens is 282 g/mol. The van der Waals surface area contributed by atoms with Crippen LogP contribution in [0, 0.1) is 10.1 Å². The largest absolute Gasteiger partial charge is 0.338 e. The van der Waals surface area contributed by atoms with Gasteiger partial charge in [0.2, 0.25) is 0 Å². The molecule has 0 saturated heterocycles. The van der Waals surface area contributed by atoms with E-state index in [0.29, 0.717) is 12.4 Å². The van der Waals surface area contributed by atoms with Gasteiger partial charge in [-0.05, 0) is 11.6 Å². The highest BCUT2D eigenvalue weighted by atomic mass is 16.6. The van der Waals surface area contributed by atoms with E-state index in [1.54, 1.807) is 12.3 Å². The van der Waals surface area contributed by atoms with Crippen molar-refractivity contribution in [1.82, 2.24) is 14.8 Å². The molecule has 0 spiro atoms. The lowest BCUT2D eigenvalue weighted by Crippen LogP contribution is -1.99. The quantitative estimate of drug-likeness (QED) is 0.577. The molecule has 0 bridgehead atoms. The molecule has 0 amide bonds. The first kappa shape index (κ1) is 13.7. The standard InChI is InChI=1S/C15H13N5O2/c21-20(22)14-6-7-15(16-9-14)18-13-8-17-19(11-13)10-12-4-2-1-3-5-12/h1-9,11H,10H2,(H,16,18). The van der Waals surface area contributed by atoms with Crippen molar-refractivity contribution in [1.29, 1.82) is 0 Å². The van der Waals surface area contributed by atoms with Crippen LogP contribution in [0.15, 0.2) is 61.1 Å². The van der Waals surface area contributed by atoms with Crippen molar-refractivity contribution in [2.75, 3.05) is 5.32 Å². The zero-order valence-electron chi connectivity index (χ0n) is 11.6. The fourth-order valence-corrected chi connectivity index (χ4v) is 2.00. The summed E-state index contributed by atoms with van der Waals surface area (Å²) < 4.78 is 1.81. The van der Waals surface area contributed by atoms with Crippen LogP contribution in [0.2, 0.25) is 0 Å². The van der Waals surface area contributed by atoms with Gasteiger partial charge in [0.05, 0.1) is 23.4 Å². The highest BCUT2D eigenvalue weighted by Gasteiger charge is 2.06. The van der Waals surface area contributed by atoms with Crippen LogP contribution in [0.25, 0.3) is 0 Å². The molecular formula is C15H13N5O2. The van der Waals surface area contributed by atoms with Crippen LogP contribution in [0.3, 0.4) is 0 Å². The van der Waals surface area contributed by atoms with E-state index in [9.17, 15) is 10.1 Å². The molecule has 0 radical (unpaired) electrons. The molecule has 1 N–H and O–H groups in total. The van der Waals surface area contributed by atoms with Crippen LogP contribution in [-0.4, -0.2) is 19.7 Å². The number of nitrogens with zero attached hydrogens (tertiary/aromatic N) is 4. The second-order valence-corrected chi connectivity index (χ2v) is 4.70. The fourth-order valence-electron chi connectivity index (χ4n) is 2.00. The van der Waals surface area contributed by atoms with Crippen molar-refractivity contribution in [3.05, 3.63) is 76.7 Å². The molecule has 110 valence electrons. The van der Waals surface area contributed by atoms with E-state index in [0.717, 1.165) is 11.3 Å². The molecule has 7 nitrogen and oxygen atoms in total. The molecule has 0 atom stereocenters. The summed E-state index contributed by atoms with van der Waals surface area (Å²) in [7, 11) is 0. The van der Waals surface area contributed by atoms with Crippen LogP contribution in [-0.2, 0) is 6.54 Å². The number of nitrogens with one attached hydrogen (secondary N) is 1. The SMILES string of the molecule is O=[N+]([O-])c1ccc(Nc2cnn(Cc3ccccc3)c2)nc1. The van der Waals surface area contributed by atoms with Gasteiger partial charge in [-0.1, -0.05) is 30.3 Å². The average molecular weight is 295 g/mol. The van der Waals surface area contributed by atoms with Crippen LogP contribution < -0.4 is 5.32 Å². The lowest BCUT2D eigenvalue weighted by molar-refractivity contribution is -0.385. The molecule has 2 aromatic heterocycles. The maximum absolute atomic E-state index is 10.6. The average Bonchev–Trinajstić information content (AvgIpc) is 2.96. The first-order chi connectivity index (χ1) is 10.7. The first-order valence-corrected chi connectivity index (χ1v) is 6.64. The van der Waals surface area contributed by atoms with Crippen LogP contribution >= 0.6 is 0 Å². The highest BCUT2D eigenvalue weighted by molar-refractivity contribution is 5.54. The Morgan fingerprint density at radius 2 is 1.95 bits per heavy atom. The summed E-state index contributed by atoms with van der Waals surface area (Å²) >= 11 is 0. The van der Waals surface area contributed by atoms with E-state index in [2.05, 4.69) is 15.4 Å². The molecule has 0 aliphatic heterocycles.